The maximum atomic E-state index is 14.1. The number of aromatic nitrogens is 3. The molecule has 3 aromatic carbocycles. The van der Waals surface area contributed by atoms with E-state index in [0.717, 1.165) is 5.56 Å². The summed E-state index contributed by atoms with van der Waals surface area (Å²) in [5, 5.41) is 10.5. The summed E-state index contributed by atoms with van der Waals surface area (Å²) in [4.78, 5) is 17.9. The minimum atomic E-state index is -0.613. The van der Waals surface area contributed by atoms with Crippen molar-refractivity contribution in [1.82, 2.24) is 14.8 Å². The Hall–Kier alpha value is -4.86. The summed E-state index contributed by atoms with van der Waals surface area (Å²) in [6, 6.07) is 18.3. The molecule has 1 amide bonds. The highest BCUT2D eigenvalue weighted by Gasteiger charge is 2.34. The van der Waals surface area contributed by atoms with E-state index in [1.807, 2.05) is 25.1 Å². The fourth-order valence-corrected chi connectivity index (χ4v) is 4.38. The zero-order chi connectivity index (χ0) is 26.6. The van der Waals surface area contributed by atoms with Crippen LogP contribution < -0.4 is 24.8 Å². The molecule has 38 heavy (non-hydrogen) atoms. The van der Waals surface area contributed by atoms with Crippen molar-refractivity contribution in [3.05, 3.63) is 101 Å². The number of amides is 1. The van der Waals surface area contributed by atoms with Crippen molar-refractivity contribution in [1.29, 1.82) is 0 Å². The molecule has 9 nitrogen and oxygen atoms in total. The van der Waals surface area contributed by atoms with Crippen LogP contribution in [-0.4, -0.2) is 34.9 Å². The van der Waals surface area contributed by atoms with E-state index in [0.29, 0.717) is 45.7 Å². The molecule has 0 bridgehead atoms. The summed E-state index contributed by atoms with van der Waals surface area (Å²) in [6.45, 7) is 1.85. The summed E-state index contributed by atoms with van der Waals surface area (Å²) in [5.74, 6) is 1.24. The lowest BCUT2D eigenvalue weighted by Crippen LogP contribution is -2.31. The van der Waals surface area contributed by atoms with Gasteiger partial charge >= 0.3 is 0 Å². The second kappa shape index (κ2) is 10.6. The number of nitrogens with zero attached hydrogens (tertiary/aromatic N) is 3. The molecule has 0 aliphatic carbocycles. The number of fused-ring (bicyclic) bond motifs is 1. The molecule has 194 valence electrons. The van der Waals surface area contributed by atoms with E-state index in [1.165, 1.54) is 19.5 Å². The number of methoxy groups -OCH3 is 2. The Bertz CT molecular complexity index is 1520. The van der Waals surface area contributed by atoms with Crippen LogP contribution in [0, 0.1) is 5.82 Å². The Balaban J connectivity index is 1.49. The molecule has 2 heterocycles. The van der Waals surface area contributed by atoms with Gasteiger partial charge in [0.25, 0.3) is 5.91 Å². The van der Waals surface area contributed by atoms with E-state index < -0.39 is 6.04 Å². The lowest BCUT2D eigenvalue weighted by Gasteiger charge is -2.29. The second-order valence-electron chi connectivity index (χ2n) is 8.54. The molecule has 5 rings (SSSR count). The quantitative estimate of drug-likeness (QED) is 0.343. The van der Waals surface area contributed by atoms with Crippen LogP contribution in [0.5, 0.6) is 17.2 Å². The van der Waals surface area contributed by atoms with Gasteiger partial charge < -0.3 is 24.8 Å². The highest BCUT2D eigenvalue weighted by atomic mass is 19.1. The highest BCUT2D eigenvalue weighted by molar-refractivity contribution is 6.06. The fraction of sp³-hybridized carbons (Fsp3) is 0.179. The molecule has 0 saturated carbocycles. The number of benzene rings is 3. The number of ether oxygens (including phenoxy) is 3. The zero-order valence-electron chi connectivity index (χ0n) is 21.1. The van der Waals surface area contributed by atoms with Crippen molar-refractivity contribution in [2.24, 2.45) is 0 Å². The van der Waals surface area contributed by atoms with Gasteiger partial charge in [0, 0.05) is 11.3 Å². The summed E-state index contributed by atoms with van der Waals surface area (Å²) in [7, 11) is 3.07. The third kappa shape index (κ3) is 4.75. The molecule has 0 unspecified atom stereocenters. The van der Waals surface area contributed by atoms with Crippen molar-refractivity contribution in [2.75, 3.05) is 24.9 Å². The monoisotopic (exact) mass is 515 g/mol. The molecule has 0 radical (unpaired) electrons. The Morgan fingerprint density at radius 3 is 2.58 bits per heavy atom. The van der Waals surface area contributed by atoms with Crippen LogP contribution in [-0.2, 0) is 11.4 Å². The van der Waals surface area contributed by atoms with Crippen molar-refractivity contribution < 1.29 is 23.4 Å². The van der Waals surface area contributed by atoms with E-state index in [9.17, 15) is 9.18 Å². The Morgan fingerprint density at radius 1 is 1.03 bits per heavy atom. The van der Waals surface area contributed by atoms with Gasteiger partial charge in [0.1, 0.15) is 30.5 Å². The van der Waals surface area contributed by atoms with Crippen LogP contribution in [0.3, 0.4) is 0 Å². The number of hydrogen-bond acceptors (Lipinski definition) is 7. The zero-order valence-corrected chi connectivity index (χ0v) is 21.1. The van der Waals surface area contributed by atoms with E-state index >= 15 is 0 Å². The molecule has 1 aromatic heterocycles. The van der Waals surface area contributed by atoms with Crippen LogP contribution in [0.4, 0.5) is 16.0 Å². The molecule has 1 aliphatic rings. The molecule has 0 spiro atoms. The fourth-order valence-electron chi connectivity index (χ4n) is 4.38. The maximum Gasteiger partial charge on any atom is 0.255 e. The van der Waals surface area contributed by atoms with E-state index in [-0.39, 0.29) is 18.3 Å². The van der Waals surface area contributed by atoms with Crippen LogP contribution >= 0.6 is 0 Å². The van der Waals surface area contributed by atoms with Gasteiger partial charge in [-0.05, 0) is 42.8 Å². The molecule has 1 aliphatic heterocycles. The third-order valence-corrected chi connectivity index (χ3v) is 6.24. The number of rotatable bonds is 8. The van der Waals surface area contributed by atoms with Gasteiger partial charge in [0.05, 0.1) is 25.5 Å². The van der Waals surface area contributed by atoms with Crippen LogP contribution in [0.15, 0.2) is 84.3 Å². The van der Waals surface area contributed by atoms with Crippen LogP contribution in [0.25, 0.3) is 0 Å². The van der Waals surface area contributed by atoms with Gasteiger partial charge in [-0.3, -0.25) is 4.79 Å². The maximum absolute atomic E-state index is 14.1. The summed E-state index contributed by atoms with van der Waals surface area (Å²) in [5.41, 5.74) is 2.76. The molecule has 0 fully saturated rings. The molecular weight excluding hydrogens is 489 g/mol. The number of nitrogens with one attached hydrogen (secondary N) is 2. The minimum absolute atomic E-state index is 0.0362. The van der Waals surface area contributed by atoms with Crippen molar-refractivity contribution >= 4 is 17.5 Å². The number of allylic oxidation sites excluding steroid dienone is 1. The van der Waals surface area contributed by atoms with Crippen molar-refractivity contribution in [3.8, 4) is 17.2 Å². The molecule has 0 saturated heterocycles. The normalized spacial score (nSPS) is 14.4. The third-order valence-electron chi connectivity index (χ3n) is 6.24. The Labute approximate surface area is 218 Å². The lowest BCUT2D eigenvalue weighted by molar-refractivity contribution is -0.113. The molecule has 2 N–H and O–H groups in total. The van der Waals surface area contributed by atoms with Crippen LogP contribution in [0.1, 0.15) is 24.1 Å². The topological polar surface area (TPSA) is 99.5 Å². The Morgan fingerprint density at radius 2 is 1.79 bits per heavy atom. The molecule has 1 atom stereocenters. The van der Waals surface area contributed by atoms with Gasteiger partial charge in [-0.2, -0.15) is 10.1 Å². The van der Waals surface area contributed by atoms with E-state index in [2.05, 4.69) is 20.7 Å². The lowest BCUT2D eigenvalue weighted by atomic mass is 9.94. The van der Waals surface area contributed by atoms with Crippen molar-refractivity contribution in [2.45, 2.75) is 19.6 Å². The van der Waals surface area contributed by atoms with Gasteiger partial charge in [0.15, 0.2) is 11.5 Å². The highest BCUT2D eigenvalue weighted by Crippen LogP contribution is 2.39. The number of hydrogen-bond donors (Lipinski definition) is 2. The number of carbonyl (C=O) groups excluding carboxylic acids is 1. The first kappa shape index (κ1) is 24.8. The van der Waals surface area contributed by atoms with Crippen molar-refractivity contribution in [3.63, 3.8) is 0 Å². The number of carbonyl (C=O) groups is 1. The molecule has 4 aromatic rings. The average Bonchev–Trinajstić information content (AvgIpc) is 3.40. The number of halogens is 1. The Kier molecular flexibility index (Phi) is 6.94. The predicted octanol–water partition coefficient (Wildman–Crippen LogP) is 4.94. The summed E-state index contributed by atoms with van der Waals surface area (Å²) >= 11 is 0. The van der Waals surface area contributed by atoms with E-state index in [1.54, 1.807) is 54.3 Å². The van der Waals surface area contributed by atoms with Gasteiger partial charge in [-0.15, -0.1) is 0 Å². The first-order valence-corrected chi connectivity index (χ1v) is 11.9. The largest absolute Gasteiger partial charge is 0.495 e. The van der Waals surface area contributed by atoms with Gasteiger partial charge in [-0.25, -0.2) is 9.07 Å². The standard InChI is InChI=1S/C28H26FN5O4/c1-17-25(27(35)33-21-10-6-7-11-22(21)36-2)26(34-28(32-17)30-16-31-34)18-12-13-23(24(14-18)37-3)38-15-19-8-4-5-9-20(19)29/h4-14,16,26H,15H2,1-3H3,(H,33,35)(H,30,31,32)/t26-/m1/s1. The average molecular weight is 516 g/mol. The molecule has 10 heteroatoms. The minimum Gasteiger partial charge on any atom is -0.495 e. The SMILES string of the molecule is COc1ccccc1NC(=O)C1=C(C)Nc2ncnn2[C@@H]1c1ccc(OCc2ccccc2F)c(OC)c1. The first-order valence-electron chi connectivity index (χ1n) is 11.9. The van der Waals surface area contributed by atoms with Gasteiger partial charge in [0.2, 0.25) is 5.95 Å². The number of para-hydroxylation sites is 2. The van der Waals surface area contributed by atoms with Crippen LogP contribution in [0.2, 0.25) is 0 Å². The predicted molar refractivity (Wildman–Crippen MR) is 140 cm³/mol. The summed E-state index contributed by atoms with van der Waals surface area (Å²) in [6.07, 6.45) is 1.42. The molecular formula is C28H26FN5O4. The summed E-state index contributed by atoms with van der Waals surface area (Å²) < 4.78 is 32.6. The second-order valence-corrected chi connectivity index (χ2v) is 8.54. The number of anilines is 2. The van der Waals surface area contributed by atoms with E-state index in [4.69, 9.17) is 14.2 Å². The van der Waals surface area contributed by atoms with Gasteiger partial charge in [-0.1, -0.05) is 36.4 Å². The first-order chi connectivity index (χ1) is 18.5. The smallest absolute Gasteiger partial charge is 0.255 e.